The highest BCUT2D eigenvalue weighted by Gasteiger charge is 2.46. The van der Waals surface area contributed by atoms with Crippen LogP contribution in [0.15, 0.2) is 30.3 Å². The van der Waals surface area contributed by atoms with Crippen LogP contribution in [-0.2, 0) is 4.75 Å². The zero-order chi connectivity index (χ0) is 17.2. The van der Waals surface area contributed by atoms with Gasteiger partial charge in [0.2, 0.25) is 0 Å². The van der Waals surface area contributed by atoms with Crippen LogP contribution in [0, 0.1) is 23.7 Å². The Balaban J connectivity index is 1.65. The fourth-order valence-electron chi connectivity index (χ4n) is 4.69. The number of nitrogens with one attached hydrogen (secondary N) is 1. The van der Waals surface area contributed by atoms with Crippen LogP contribution in [0.2, 0.25) is 0 Å². The molecule has 0 heterocycles. The quantitative estimate of drug-likeness (QED) is 0.574. The summed E-state index contributed by atoms with van der Waals surface area (Å²) in [5.74, 6) is 3.39. The Hall–Kier alpha value is -0.470. The van der Waals surface area contributed by atoms with Crippen LogP contribution in [0.1, 0.15) is 71.8 Å². The van der Waals surface area contributed by atoms with Gasteiger partial charge in [-0.2, -0.15) is 0 Å². The van der Waals surface area contributed by atoms with Gasteiger partial charge in [-0.1, -0.05) is 76.4 Å². The van der Waals surface area contributed by atoms with Gasteiger partial charge >= 0.3 is 0 Å². The van der Waals surface area contributed by atoms with Crippen molar-refractivity contribution in [1.29, 1.82) is 0 Å². The molecule has 0 radical (unpaired) electrons. The van der Waals surface area contributed by atoms with Crippen molar-refractivity contribution in [2.45, 2.75) is 77.0 Å². The molecule has 0 aliphatic heterocycles. The van der Waals surface area contributed by atoms with Gasteiger partial charge in [0, 0.05) is 6.04 Å². The molecule has 134 valence electrons. The van der Waals surface area contributed by atoms with Gasteiger partial charge in [0.15, 0.2) is 0 Å². The van der Waals surface area contributed by atoms with Gasteiger partial charge < -0.3 is 0 Å². The van der Waals surface area contributed by atoms with Gasteiger partial charge in [0.1, 0.15) is 0 Å². The van der Waals surface area contributed by atoms with Crippen LogP contribution >= 0.6 is 11.9 Å². The van der Waals surface area contributed by atoms with E-state index in [0.717, 1.165) is 23.7 Å². The van der Waals surface area contributed by atoms with E-state index in [1.807, 2.05) is 11.9 Å². The second kappa shape index (κ2) is 7.83. The number of benzene rings is 1. The van der Waals surface area contributed by atoms with Crippen LogP contribution in [0.25, 0.3) is 0 Å². The third kappa shape index (κ3) is 4.19. The minimum atomic E-state index is 0.352. The smallest absolute Gasteiger partial charge is 0.0554 e. The largest absolute Gasteiger partial charge is 0.260 e. The Kier molecular flexibility index (Phi) is 5.98. The molecule has 2 heteroatoms. The van der Waals surface area contributed by atoms with E-state index in [1.165, 1.54) is 44.1 Å². The summed E-state index contributed by atoms with van der Waals surface area (Å²) >= 11 is 2.04. The molecule has 2 aliphatic rings. The Labute approximate surface area is 153 Å². The first-order valence-corrected chi connectivity index (χ1v) is 10.8. The standard InChI is InChI=1S/C22H35NS/c1-5-18-14-17(4)21(19(15-18)13-16(2)3)23-24-22(11-12-22)20-9-7-6-8-10-20/h6-10,16-19,21,23H,5,11-15H2,1-4H3. The first-order valence-electron chi connectivity index (χ1n) is 10.0. The minimum absolute atomic E-state index is 0.352. The molecule has 0 saturated heterocycles. The number of rotatable bonds is 7. The molecule has 1 nitrogen and oxygen atoms in total. The topological polar surface area (TPSA) is 12.0 Å². The van der Waals surface area contributed by atoms with Crippen molar-refractivity contribution in [2.24, 2.45) is 23.7 Å². The first-order chi connectivity index (χ1) is 11.5. The summed E-state index contributed by atoms with van der Waals surface area (Å²) in [4.78, 5) is 0. The summed E-state index contributed by atoms with van der Waals surface area (Å²) in [5, 5.41) is 0. The maximum absolute atomic E-state index is 3.99. The van der Waals surface area contributed by atoms with Gasteiger partial charge in [0.25, 0.3) is 0 Å². The maximum Gasteiger partial charge on any atom is 0.0554 e. The van der Waals surface area contributed by atoms with Gasteiger partial charge in [-0.25, -0.2) is 0 Å². The van der Waals surface area contributed by atoms with Crippen molar-refractivity contribution in [3.63, 3.8) is 0 Å². The van der Waals surface area contributed by atoms with Crippen molar-refractivity contribution in [3.8, 4) is 0 Å². The van der Waals surface area contributed by atoms with E-state index >= 15 is 0 Å². The molecular formula is C22H35NS. The predicted octanol–water partition coefficient (Wildman–Crippen LogP) is 6.40. The molecule has 0 amide bonds. The second-order valence-corrected chi connectivity index (χ2v) is 9.94. The summed E-state index contributed by atoms with van der Waals surface area (Å²) in [7, 11) is 0. The first kappa shape index (κ1) is 18.3. The second-order valence-electron chi connectivity index (χ2n) is 8.72. The van der Waals surface area contributed by atoms with Crippen molar-refractivity contribution in [2.75, 3.05) is 0 Å². The van der Waals surface area contributed by atoms with Crippen LogP contribution in [0.4, 0.5) is 0 Å². The summed E-state index contributed by atoms with van der Waals surface area (Å²) < 4.78 is 4.34. The Bertz CT molecular complexity index is 508. The van der Waals surface area contributed by atoms with Crippen molar-refractivity contribution in [1.82, 2.24) is 4.72 Å². The summed E-state index contributed by atoms with van der Waals surface area (Å²) in [6, 6.07) is 11.8. The van der Waals surface area contributed by atoms with Crippen LogP contribution in [-0.4, -0.2) is 6.04 Å². The molecule has 1 N–H and O–H groups in total. The average molecular weight is 346 g/mol. The van der Waals surface area contributed by atoms with E-state index in [0.29, 0.717) is 10.8 Å². The summed E-state index contributed by atoms with van der Waals surface area (Å²) in [6.45, 7) is 9.63. The predicted molar refractivity (Wildman–Crippen MR) is 107 cm³/mol. The van der Waals surface area contributed by atoms with E-state index in [4.69, 9.17) is 0 Å². The maximum atomic E-state index is 3.99. The molecule has 1 aromatic carbocycles. The molecule has 2 saturated carbocycles. The third-order valence-corrected chi connectivity index (χ3v) is 7.63. The average Bonchev–Trinajstić information content (AvgIpc) is 3.35. The van der Waals surface area contributed by atoms with E-state index in [9.17, 15) is 0 Å². The SMILES string of the molecule is CCC1CC(C)C(NSC2(c3ccccc3)CC2)C(CC(C)C)C1. The molecule has 24 heavy (non-hydrogen) atoms. The lowest BCUT2D eigenvalue weighted by molar-refractivity contribution is 0.141. The molecule has 4 unspecified atom stereocenters. The molecular weight excluding hydrogens is 310 g/mol. The number of hydrogen-bond acceptors (Lipinski definition) is 2. The highest BCUT2D eigenvalue weighted by molar-refractivity contribution is 7.98. The molecule has 2 fully saturated rings. The summed E-state index contributed by atoms with van der Waals surface area (Å²) in [5.41, 5.74) is 1.51. The normalized spacial score (nSPS) is 32.0. The molecule has 0 spiro atoms. The third-order valence-electron chi connectivity index (χ3n) is 6.21. The van der Waals surface area contributed by atoms with Crippen molar-refractivity contribution >= 4 is 11.9 Å². The van der Waals surface area contributed by atoms with Gasteiger partial charge in [0.05, 0.1) is 4.75 Å². The lowest BCUT2D eigenvalue weighted by atomic mass is 9.69. The molecule has 4 atom stereocenters. The Morgan fingerprint density at radius 2 is 1.88 bits per heavy atom. The van der Waals surface area contributed by atoms with Gasteiger partial charge in [-0.05, 0) is 61.3 Å². The zero-order valence-corrected chi connectivity index (χ0v) is 16.7. The van der Waals surface area contributed by atoms with E-state index in [2.05, 4.69) is 62.7 Å². The lowest BCUT2D eigenvalue weighted by Crippen LogP contribution is -2.44. The Morgan fingerprint density at radius 3 is 2.46 bits per heavy atom. The fraction of sp³-hybridized carbons (Fsp3) is 0.727. The molecule has 0 bridgehead atoms. The van der Waals surface area contributed by atoms with Crippen molar-refractivity contribution < 1.29 is 0 Å². The number of hydrogen-bond donors (Lipinski definition) is 1. The van der Waals surface area contributed by atoms with Crippen LogP contribution in [0.3, 0.4) is 0 Å². The van der Waals surface area contributed by atoms with Crippen LogP contribution < -0.4 is 4.72 Å². The fourth-order valence-corrected chi connectivity index (χ4v) is 6.03. The molecule has 1 aromatic rings. The van der Waals surface area contributed by atoms with E-state index in [-0.39, 0.29) is 0 Å². The van der Waals surface area contributed by atoms with Crippen molar-refractivity contribution in [3.05, 3.63) is 35.9 Å². The van der Waals surface area contributed by atoms with E-state index in [1.54, 1.807) is 0 Å². The van der Waals surface area contributed by atoms with Gasteiger partial charge in [-0.3, -0.25) is 4.72 Å². The highest BCUT2D eigenvalue weighted by atomic mass is 32.2. The lowest BCUT2D eigenvalue weighted by Gasteiger charge is -2.42. The van der Waals surface area contributed by atoms with E-state index < -0.39 is 0 Å². The monoisotopic (exact) mass is 345 g/mol. The summed E-state index contributed by atoms with van der Waals surface area (Å²) in [6.07, 6.45) is 8.20. The minimum Gasteiger partial charge on any atom is -0.260 e. The molecule has 3 rings (SSSR count). The van der Waals surface area contributed by atoms with Crippen LogP contribution in [0.5, 0.6) is 0 Å². The molecule has 2 aliphatic carbocycles. The van der Waals surface area contributed by atoms with Gasteiger partial charge in [-0.15, -0.1) is 0 Å². The highest BCUT2D eigenvalue weighted by Crippen LogP contribution is 2.56. The Morgan fingerprint density at radius 1 is 1.17 bits per heavy atom. The molecule has 0 aromatic heterocycles. The zero-order valence-electron chi connectivity index (χ0n) is 15.9.